The first-order valence-electron chi connectivity index (χ1n) is 7.87. The molecular formula is C15H25BN2O4S. The SMILES string of the molecule is CCN(CC)S(=O)(=O)c1ncccc1B1OC(C)(C)C(C)(C)O1. The Bertz CT molecular complexity index is 656. The summed E-state index contributed by atoms with van der Waals surface area (Å²) in [7, 11) is -4.44. The van der Waals surface area contributed by atoms with E-state index in [-0.39, 0.29) is 5.03 Å². The van der Waals surface area contributed by atoms with Crippen LogP contribution in [0, 0.1) is 0 Å². The molecule has 1 aliphatic heterocycles. The number of sulfonamides is 1. The summed E-state index contributed by atoms with van der Waals surface area (Å²) < 4.78 is 39.0. The quantitative estimate of drug-likeness (QED) is 0.758. The number of nitrogens with zero attached hydrogens (tertiary/aromatic N) is 2. The van der Waals surface area contributed by atoms with E-state index in [1.54, 1.807) is 26.0 Å². The average Bonchev–Trinajstić information content (AvgIpc) is 2.68. The number of hydrogen-bond acceptors (Lipinski definition) is 5. The molecule has 1 saturated heterocycles. The van der Waals surface area contributed by atoms with E-state index in [1.807, 2.05) is 27.7 Å². The van der Waals surface area contributed by atoms with Crippen LogP contribution < -0.4 is 5.46 Å². The normalized spacial score (nSPS) is 20.2. The molecule has 0 N–H and O–H groups in total. The highest BCUT2D eigenvalue weighted by atomic mass is 32.2. The van der Waals surface area contributed by atoms with E-state index < -0.39 is 28.3 Å². The second kappa shape index (κ2) is 6.16. The van der Waals surface area contributed by atoms with Gasteiger partial charge < -0.3 is 9.31 Å². The fourth-order valence-electron chi connectivity index (χ4n) is 2.45. The van der Waals surface area contributed by atoms with Crippen LogP contribution in [0.15, 0.2) is 23.4 Å². The Kier molecular flexibility index (Phi) is 4.93. The van der Waals surface area contributed by atoms with Crippen molar-refractivity contribution in [3.05, 3.63) is 18.3 Å². The summed E-state index contributed by atoms with van der Waals surface area (Å²) in [6, 6.07) is 3.40. The molecule has 0 bridgehead atoms. The lowest BCUT2D eigenvalue weighted by Gasteiger charge is -2.32. The number of pyridine rings is 1. The smallest absolute Gasteiger partial charge is 0.399 e. The third-order valence-corrected chi connectivity index (χ3v) is 6.62. The molecular weight excluding hydrogens is 315 g/mol. The molecule has 8 heteroatoms. The lowest BCUT2D eigenvalue weighted by molar-refractivity contribution is 0.00578. The van der Waals surface area contributed by atoms with Gasteiger partial charge in [0, 0.05) is 24.7 Å². The van der Waals surface area contributed by atoms with Crippen LogP contribution in [0.5, 0.6) is 0 Å². The largest absolute Gasteiger partial charge is 0.497 e. The van der Waals surface area contributed by atoms with E-state index in [0.717, 1.165) is 0 Å². The maximum atomic E-state index is 12.8. The van der Waals surface area contributed by atoms with Crippen LogP contribution in [0.1, 0.15) is 41.5 Å². The number of hydrogen-bond donors (Lipinski definition) is 0. The zero-order valence-electron chi connectivity index (χ0n) is 14.7. The van der Waals surface area contributed by atoms with Gasteiger partial charge in [0.1, 0.15) is 0 Å². The van der Waals surface area contributed by atoms with Gasteiger partial charge in [0.25, 0.3) is 10.0 Å². The Hall–Kier alpha value is -0.955. The molecule has 128 valence electrons. The van der Waals surface area contributed by atoms with Crippen LogP contribution >= 0.6 is 0 Å². The molecule has 6 nitrogen and oxygen atoms in total. The monoisotopic (exact) mass is 340 g/mol. The van der Waals surface area contributed by atoms with Crippen LogP contribution in [-0.2, 0) is 19.3 Å². The zero-order valence-corrected chi connectivity index (χ0v) is 15.5. The molecule has 2 rings (SSSR count). The predicted molar refractivity (Wildman–Crippen MR) is 90.1 cm³/mol. The molecule has 23 heavy (non-hydrogen) atoms. The van der Waals surface area contributed by atoms with Gasteiger partial charge in [-0.15, -0.1) is 0 Å². The van der Waals surface area contributed by atoms with E-state index >= 15 is 0 Å². The lowest BCUT2D eigenvalue weighted by atomic mass is 9.80. The molecule has 0 unspecified atom stereocenters. The molecule has 1 fully saturated rings. The molecule has 0 amide bonds. The van der Waals surface area contributed by atoms with Gasteiger partial charge in [-0.2, -0.15) is 4.31 Å². The molecule has 0 aliphatic carbocycles. The molecule has 0 radical (unpaired) electrons. The van der Waals surface area contributed by atoms with E-state index in [1.165, 1.54) is 10.5 Å². The van der Waals surface area contributed by atoms with Crippen molar-refractivity contribution in [2.24, 2.45) is 0 Å². The summed E-state index contributed by atoms with van der Waals surface area (Å²) >= 11 is 0. The summed E-state index contributed by atoms with van der Waals surface area (Å²) in [4.78, 5) is 4.12. The van der Waals surface area contributed by atoms with Crippen LogP contribution in [-0.4, -0.2) is 49.1 Å². The average molecular weight is 340 g/mol. The Labute approximate surface area is 139 Å². The molecule has 0 aromatic carbocycles. The molecule has 0 spiro atoms. The summed E-state index contributed by atoms with van der Waals surface area (Å²) in [5.41, 5.74) is -0.633. The van der Waals surface area contributed by atoms with Gasteiger partial charge >= 0.3 is 7.12 Å². The van der Waals surface area contributed by atoms with Crippen molar-refractivity contribution >= 4 is 22.6 Å². The van der Waals surface area contributed by atoms with Gasteiger partial charge in [-0.1, -0.05) is 19.9 Å². The third kappa shape index (κ3) is 3.17. The Balaban J connectivity index is 2.48. The van der Waals surface area contributed by atoms with Crippen molar-refractivity contribution < 1.29 is 17.7 Å². The first-order chi connectivity index (χ1) is 10.6. The second-order valence-electron chi connectivity index (χ2n) is 6.58. The standard InChI is InChI=1S/C15H25BN2O4S/c1-7-18(8-2)23(19,20)13-12(10-9-11-17-13)16-21-14(3,4)15(5,6)22-16/h9-11H,7-8H2,1-6H3. The number of aromatic nitrogens is 1. The van der Waals surface area contributed by atoms with E-state index in [0.29, 0.717) is 18.6 Å². The van der Waals surface area contributed by atoms with Crippen molar-refractivity contribution in [3.63, 3.8) is 0 Å². The van der Waals surface area contributed by atoms with Gasteiger partial charge in [-0.3, -0.25) is 0 Å². The number of rotatable bonds is 5. The van der Waals surface area contributed by atoms with Gasteiger partial charge in [0.2, 0.25) is 0 Å². The van der Waals surface area contributed by atoms with Crippen molar-refractivity contribution in [2.45, 2.75) is 57.8 Å². The van der Waals surface area contributed by atoms with Crippen molar-refractivity contribution in [1.29, 1.82) is 0 Å². The van der Waals surface area contributed by atoms with Gasteiger partial charge in [0.05, 0.1) is 11.2 Å². The molecule has 1 aromatic rings. The molecule has 1 aromatic heterocycles. The summed E-state index contributed by atoms with van der Waals surface area (Å²) in [5.74, 6) is 0. The van der Waals surface area contributed by atoms with Gasteiger partial charge in [-0.25, -0.2) is 13.4 Å². The predicted octanol–water partition coefficient (Wildman–Crippen LogP) is 1.41. The van der Waals surface area contributed by atoms with Crippen molar-refractivity contribution in [1.82, 2.24) is 9.29 Å². The minimum Gasteiger partial charge on any atom is -0.399 e. The zero-order chi connectivity index (χ0) is 17.5. The summed E-state index contributed by atoms with van der Waals surface area (Å²) in [6.45, 7) is 12.1. The van der Waals surface area contributed by atoms with Gasteiger partial charge in [-0.05, 0) is 33.8 Å². The Morgan fingerprint density at radius 3 is 2.13 bits per heavy atom. The summed E-state index contributed by atoms with van der Waals surface area (Å²) in [6.07, 6.45) is 1.48. The van der Waals surface area contributed by atoms with Crippen molar-refractivity contribution in [2.75, 3.05) is 13.1 Å². The maximum absolute atomic E-state index is 12.8. The van der Waals surface area contributed by atoms with Crippen LogP contribution in [0.3, 0.4) is 0 Å². The molecule has 0 atom stereocenters. The first kappa shape index (κ1) is 18.4. The topological polar surface area (TPSA) is 68.7 Å². The van der Waals surface area contributed by atoms with E-state index in [9.17, 15) is 8.42 Å². The van der Waals surface area contributed by atoms with E-state index in [4.69, 9.17) is 9.31 Å². The summed E-state index contributed by atoms with van der Waals surface area (Å²) in [5, 5.41) is 0.00204. The minimum absolute atomic E-state index is 0.00204. The maximum Gasteiger partial charge on any atom is 0.497 e. The highest BCUT2D eigenvalue weighted by Gasteiger charge is 2.53. The highest BCUT2D eigenvalue weighted by molar-refractivity contribution is 7.89. The molecule has 1 aliphatic rings. The fourth-order valence-corrected chi connectivity index (χ4v) is 4.03. The van der Waals surface area contributed by atoms with Crippen molar-refractivity contribution in [3.8, 4) is 0 Å². The third-order valence-electron chi connectivity index (χ3n) is 4.60. The molecule has 0 saturated carbocycles. The Morgan fingerprint density at radius 1 is 1.13 bits per heavy atom. The second-order valence-corrected chi connectivity index (χ2v) is 8.43. The van der Waals surface area contributed by atoms with Crippen LogP contribution in [0.2, 0.25) is 0 Å². The lowest BCUT2D eigenvalue weighted by Crippen LogP contribution is -2.42. The minimum atomic E-state index is -3.68. The molecule has 2 heterocycles. The highest BCUT2D eigenvalue weighted by Crippen LogP contribution is 2.36. The Morgan fingerprint density at radius 2 is 1.65 bits per heavy atom. The fraction of sp³-hybridized carbons (Fsp3) is 0.667. The van der Waals surface area contributed by atoms with Crippen LogP contribution in [0.4, 0.5) is 0 Å². The van der Waals surface area contributed by atoms with Crippen LogP contribution in [0.25, 0.3) is 0 Å². The van der Waals surface area contributed by atoms with E-state index in [2.05, 4.69) is 4.98 Å². The first-order valence-corrected chi connectivity index (χ1v) is 9.31. The van der Waals surface area contributed by atoms with Gasteiger partial charge in [0.15, 0.2) is 5.03 Å².